The van der Waals surface area contributed by atoms with E-state index < -0.39 is 0 Å². The van der Waals surface area contributed by atoms with Crippen molar-refractivity contribution in [3.63, 3.8) is 0 Å². The zero-order chi connectivity index (χ0) is 12.0. The molecule has 0 heterocycles. The Kier molecular flexibility index (Phi) is 5.12. The second-order valence-corrected chi connectivity index (χ2v) is 3.54. The quantitative estimate of drug-likeness (QED) is 0.568. The molecule has 0 spiro atoms. The van der Waals surface area contributed by atoms with Crippen molar-refractivity contribution in [2.24, 2.45) is 0 Å². The molecule has 0 bridgehead atoms. The van der Waals surface area contributed by atoms with Crippen molar-refractivity contribution in [3.8, 4) is 11.5 Å². The van der Waals surface area contributed by atoms with Crippen molar-refractivity contribution < 1.29 is 14.3 Å². The number of hydrogen-bond donors (Lipinski definition) is 0. The van der Waals surface area contributed by atoms with Gasteiger partial charge in [0, 0.05) is 17.9 Å². The van der Waals surface area contributed by atoms with E-state index in [1.54, 1.807) is 25.3 Å². The number of carbonyl (C=O) groups is 1. The fraction of sp³-hybridized carbons (Fsp3) is 0.417. The molecule has 88 valence electrons. The van der Waals surface area contributed by atoms with Crippen LogP contribution in [-0.2, 0) is 0 Å². The second kappa shape index (κ2) is 6.38. The van der Waals surface area contributed by atoms with E-state index in [1.807, 2.05) is 6.92 Å². The van der Waals surface area contributed by atoms with Gasteiger partial charge in [-0.05, 0) is 25.1 Å². The van der Waals surface area contributed by atoms with Gasteiger partial charge in [0.25, 0.3) is 0 Å². The summed E-state index contributed by atoms with van der Waals surface area (Å²) in [6.45, 7) is 2.46. The number of rotatable bonds is 6. The highest BCUT2D eigenvalue weighted by atomic mass is 35.5. The summed E-state index contributed by atoms with van der Waals surface area (Å²) in [7, 11) is 1.55. The van der Waals surface area contributed by atoms with Crippen molar-refractivity contribution in [2.45, 2.75) is 13.3 Å². The molecule has 16 heavy (non-hydrogen) atoms. The minimum absolute atomic E-state index is 0.0105. The molecule has 1 aromatic carbocycles. The molecule has 0 unspecified atom stereocenters. The van der Waals surface area contributed by atoms with E-state index in [0.717, 1.165) is 0 Å². The highest BCUT2D eigenvalue weighted by Gasteiger charge is 2.10. The van der Waals surface area contributed by atoms with Crippen molar-refractivity contribution in [1.29, 1.82) is 0 Å². The highest BCUT2D eigenvalue weighted by molar-refractivity contribution is 6.19. The van der Waals surface area contributed by atoms with Crippen LogP contribution in [0.2, 0.25) is 0 Å². The van der Waals surface area contributed by atoms with Gasteiger partial charge in [0.15, 0.2) is 17.3 Å². The van der Waals surface area contributed by atoms with Gasteiger partial charge in [0.2, 0.25) is 0 Å². The van der Waals surface area contributed by atoms with Gasteiger partial charge in [-0.15, -0.1) is 11.6 Å². The minimum atomic E-state index is 0.0105. The van der Waals surface area contributed by atoms with Crippen LogP contribution in [0.5, 0.6) is 11.5 Å². The van der Waals surface area contributed by atoms with Gasteiger partial charge in [-0.2, -0.15) is 0 Å². The summed E-state index contributed by atoms with van der Waals surface area (Å²) >= 11 is 5.52. The third kappa shape index (κ3) is 3.14. The van der Waals surface area contributed by atoms with Crippen LogP contribution in [0.15, 0.2) is 18.2 Å². The number of Topliss-reactive ketones (excluding diaryl/α,β-unsaturated/α-hetero) is 1. The Bertz CT molecular complexity index is 363. The van der Waals surface area contributed by atoms with Crippen LogP contribution in [0.3, 0.4) is 0 Å². The third-order valence-electron chi connectivity index (χ3n) is 2.11. The van der Waals surface area contributed by atoms with E-state index in [1.165, 1.54) is 0 Å². The largest absolute Gasteiger partial charge is 0.493 e. The standard InChI is InChI=1S/C12H15ClO3/c1-3-16-11-5-4-9(8-12(11)15-2)10(14)6-7-13/h4-5,8H,3,6-7H2,1-2H3. The lowest BCUT2D eigenvalue weighted by molar-refractivity contribution is 0.0989. The van der Waals surface area contributed by atoms with Crippen molar-refractivity contribution >= 4 is 17.4 Å². The average molecular weight is 243 g/mol. The van der Waals surface area contributed by atoms with Gasteiger partial charge >= 0.3 is 0 Å². The van der Waals surface area contributed by atoms with Crippen LogP contribution >= 0.6 is 11.6 Å². The maximum absolute atomic E-state index is 11.6. The van der Waals surface area contributed by atoms with Crippen molar-refractivity contribution in [1.82, 2.24) is 0 Å². The molecule has 0 N–H and O–H groups in total. The minimum Gasteiger partial charge on any atom is -0.493 e. The SMILES string of the molecule is CCOc1ccc(C(=O)CCCl)cc1OC. The Labute approximate surface area is 100 Å². The van der Waals surface area contributed by atoms with E-state index >= 15 is 0 Å². The predicted octanol–water partition coefficient (Wildman–Crippen LogP) is 2.91. The molecule has 0 aliphatic rings. The van der Waals surface area contributed by atoms with Gasteiger partial charge in [-0.3, -0.25) is 4.79 Å². The zero-order valence-corrected chi connectivity index (χ0v) is 10.2. The smallest absolute Gasteiger partial charge is 0.164 e. The molecule has 0 radical (unpaired) electrons. The predicted molar refractivity (Wildman–Crippen MR) is 63.8 cm³/mol. The van der Waals surface area contributed by atoms with E-state index in [4.69, 9.17) is 21.1 Å². The Morgan fingerprint density at radius 2 is 2.12 bits per heavy atom. The first kappa shape index (κ1) is 12.8. The number of hydrogen-bond acceptors (Lipinski definition) is 3. The molecule has 0 amide bonds. The summed E-state index contributed by atoms with van der Waals surface area (Å²) in [5.41, 5.74) is 0.598. The van der Waals surface area contributed by atoms with Crippen LogP contribution in [0, 0.1) is 0 Å². The first-order valence-corrected chi connectivity index (χ1v) is 5.66. The van der Waals surface area contributed by atoms with E-state index in [0.29, 0.717) is 36.0 Å². The summed E-state index contributed by atoms with van der Waals surface area (Å²) in [5, 5.41) is 0. The lowest BCUT2D eigenvalue weighted by Gasteiger charge is -2.10. The molecular formula is C12H15ClO3. The molecule has 0 aromatic heterocycles. The van der Waals surface area contributed by atoms with Crippen LogP contribution in [-0.4, -0.2) is 25.4 Å². The molecule has 0 aliphatic heterocycles. The number of halogens is 1. The Morgan fingerprint density at radius 3 is 2.69 bits per heavy atom. The van der Waals surface area contributed by atoms with Crippen molar-refractivity contribution in [3.05, 3.63) is 23.8 Å². The molecule has 0 saturated carbocycles. The second-order valence-electron chi connectivity index (χ2n) is 3.16. The molecule has 0 fully saturated rings. The maximum atomic E-state index is 11.6. The number of ketones is 1. The summed E-state index contributed by atoms with van der Waals surface area (Å²) in [6.07, 6.45) is 0.332. The van der Waals surface area contributed by atoms with Crippen LogP contribution in [0.1, 0.15) is 23.7 Å². The van der Waals surface area contributed by atoms with E-state index in [9.17, 15) is 4.79 Å². The number of alkyl halides is 1. The average Bonchev–Trinajstić information content (AvgIpc) is 2.30. The summed E-state index contributed by atoms with van der Waals surface area (Å²) < 4.78 is 10.5. The van der Waals surface area contributed by atoms with Crippen LogP contribution in [0.4, 0.5) is 0 Å². The van der Waals surface area contributed by atoms with Gasteiger partial charge < -0.3 is 9.47 Å². The highest BCUT2D eigenvalue weighted by Crippen LogP contribution is 2.28. The first-order valence-electron chi connectivity index (χ1n) is 5.13. The van der Waals surface area contributed by atoms with Crippen LogP contribution in [0.25, 0.3) is 0 Å². The van der Waals surface area contributed by atoms with Gasteiger partial charge in [0.05, 0.1) is 13.7 Å². The molecule has 0 aliphatic carbocycles. The molecule has 1 rings (SSSR count). The fourth-order valence-corrected chi connectivity index (χ4v) is 1.52. The number of carbonyl (C=O) groups excluding carboxylic acids is 1. The van der Waals surface area contributed by atoms with Gasteiger partial charge in [-0.1, -0.05) is 0 Å². The number of benzene rings is 1. The summed E-state index contributed by atoms with van der Waals surface area (Å²) in [5.74, 6) is 1.56. The molecule has 4 heteroatoms. The number of methoxy groups -OCH3 is 1. The summed E-state index contributed by atoms with van der Waals surface area (Å²) in [6, 6.07) is 5.14. The topological polar surface area (TPSA) is 35.5 Å². The zero-order valence-electron chi connectivity index (χ0n) is 9.46. The lowest BCUT2D eigenvalue weighted by Crippen LogP contribution is -2.02. The Balaban J connectivity index is 2.94. The number of ether oxygens (including phenoxy) is 2. The third-order valence-corrected chi connectivity index (χ3v) is 2.30. The van der Waals surface area contributed by atoms with E-state index in [-0.39, 0.29) is 5.78 Å². The molecule has 0 saturated heterocycles. The molecular weight excluding hydrogens is 228 g/mol. The summed E-state index contributed by atoms with van der Waals surface area (Å²) in [4.78, 5) is 11.6. The lowest BCUT2D eigenvalue weighted by atomic mass is 10.1. The Hall–Kier alpha value is -1.22. The van der Waals surface area contributed by atoms with Gasteiger partial charge in [0.1, 0.15) is 0 Å². The first-order chi connectivity index (χ1) is 7.72. The maximum Gasteiger partial charge on any atom is 0.164 e. The fourth-order valence-electron chi connectivity index (χ4n) is 1.35. The molecule has 1 aromatic rings. The van der Waals surface area contributed by atoms with E-state index in [2.05, 4.69) is 0 Å². The Morgan fingerprint density at radius 1 is 1.38 bits per heavy atom. The molecule has 0 atom stereocenters. The van der Waals surface area contributed by atoms with Gasteiger partial charge in [-0.25, -0.2) is 0 Å². The molecule has 3 nitrogen and oxygen atoms in total. The van der Waals surface area contributed by atoms with Crippen molar-refractivity contribution in [2.75, 3.05) is 19.6 Å². The monoisotopic (exact) mass is 242 g/mol. The van der Waals surface area contributed by atoms with Crippen LogP contribution < -0.4 is 9.47 Å². The normalized spacial score (nSPS) is 9.94.